The Bertz CT molecular complexity index is 1460. The van der Waals surface area contributed by atoms with Gasteiger partial charge in [-0.05, 0) is 34.9 Å². The molecule has 3 aromatic rings. The Morgan fingerprint density at radius 1 is 1.05 bits per heavy atom. The molecule has 0 radical (unpaired) electrons. The number of anilines is 1. The molecule has 1 spiro atoms. The van der Waals surface area contributed by atoms with Crippen LogP contribution in [0.1, 0.15) is 38.6 Å². The van der Waals surface area contributed by atoms with E-state index in [4.69, 9.17) is 9.47 Å². The van der Waals surface area contributed by atoms with Gasteiger partial charge in [-0.25, -0.2) is 4.98 Å². The first-order valence-corrected chi connectivity index (χ1v) is 12.9. The summed E-state index contributed by atoms with van der Waals surface area (Å²) in [5.41, 5.74) is 1.49. The van der Waals surface area contributed by atoms with Crippen molar-refractivity contribution in [1.29, 1.82) is 0 Å². The van der Waals surface area contributed by atoms with E-state index in [1.807, 2.05) is 29.8 Å². The van der Waals surface area contributed by atoms with E-state index in [9.17, 15) is 18.0 Å². The fourth-order valence-corrected chi connectivity index (χ4v) is 6.10. The topological polar surface area (TPSA) is 85.6 Å². The zero-order valence-corrected chi connectivity index (χ0v) is 21.4. The molecule has 0 atom stereocenters. The number of aromatic nitrogens is 4. The summed E-state index contributed by atoms with van der Waals surface area (Å²) in [5, 5.41) is 8.16. The number of ether oxygens (including phenoxy) is 2. The number of pyridine rings is 1. The molecule has 3 saturated heterocycles. The van der Waals surface area contributed by atoms with E-state index < -0.39 is 11.9 Å². The van der Waals surface area contributed by atoms with Crippen molar-refractivity contribution in [3.8, 4) is 0 Å². The lowest BCUT2D eigenvalue weighted by molar-refractivity contribution is -0.191. The maximum absolute atomic E-state index is 13.8. The Balaban J connectivity index is 1.16. The number of hydrogen-bond donors (Lipinski definition) is 0. The first-order chi connectivity index (χ1) is 18.6. The molecule has 204 valence electrons. The summed E-state index contributed by atoms with van der Waals surface area (Å²) in [7, 11) is 1.88. The maximum Gasteiger partial charge on any atom is 0.433 e. The van der Waals surface area contributed by atoms with Crippen molar-refractivity contribution in [3.63, 3.8) is 0 Å². The van der Waals surface area contributed by atoms with Crippen molar-refractivity contribution in [1.82, 2.24) is 24.6 Å². The van der Waals surface area contributed by atoms with Crippen molar-refractivity contribution in [2.45, 2.75) is 31.1 Å². The Kier molecular flexibility index (Phi) is 5.42. The maximum atomic E-state index is 13.8. The number of benzene rings is 1. The van der Waals surface area contributed by atoms with Gasteiger partial charge in [0.25, 0.3) is 5.91 Å². The van der Waals surface area contributed by atoms with Crippen LogP contribution in [0.5, 0.6) is 0 Å². The largest absolute Gasteiger partial charge is 0.433 e. The van der Waals surface area contributed by atoms with E-state index >= 15 is 0 Å². The molecule has 6 heterocycles. The van der Waals surface area contributed by atoms with E-state index in [1.165, 1.54) is 4.90 Å². The van der Waals surface area contributed by atoms with Crippen LogP contribution in [0.25, 0.3) is 0 Å². The molecule has 0 bridgehead atoms. The van der Waals surface area contributed by atoms with Crippen LogP contribution in [-0.4, -0.2) is 70.1 Å². The van der Waals surface area contributed by atoms with Gasteiger partial charge in [0.15, 0.2) is 0 Å². The SMILES string of the molecule is Cn1cnnc1CC1(c2ccc3c(c2)C(=O)N(c2cc(CN4CC5(COC5)C4)cc(C(F)(F)F)n2)C3)COC1. The fraction of sp³-hybridized carbons (Fsp3) is 0.481. The average Bonchev–Trinajstić information content (AvgIpc) is 3.38. The van der Waals surface area contributed by atoms with Crippen LogP contribution in [0.3, 0.4) is 0 Å². The number of aryl methyl sites for hydroxylation is 1. The summed E-state index contributed by atoms with van der Waals surface area (Å²) >= 11 is 0. The molecule has 1 amide bonds. The second-order valence-electron chi connectivity index (χ2n) is 11.4. The molecule has 4 aliphatic heterocycles. The Labute approximate surface area is 222 Å². The number of carbonyl (C=O) groups is 1. The number of halogens is 3. The first-order valence-electron chi connectivity index (χ1n) is 12.9. The molecule has 39 heavy (non-hydrogen) atoms. The van der Waals surface area contributed by atoms with Crippen molar-refractivity contribution in [2.75, 3.05) is 44.4 Å². The predicted octanol–water partition coefficient (Wildman–Crippen LogP) is 2.73. The van der Waals surface area contributed by atoms with Gasteiger partial charge in [-0.2, -0.15) is 13.2 Å². The minimum Gasteiger partial charge on any atom is -0.380 e. The van der Waals surface area contributed by atoms with Crippen molar-refractivity contribution in [2.24, 2.45) is 12.5 Å². The number of likely N-dealkylation sites (tertiary alicyclic amines) is 1. The molecule has 12 heteroatoms. The summed E-state index contributed by atoms with van der Waals surface area (Å²) < 4.78 is 54.2. The summed E-state index contributed by atoms with van der Waals surface area (Å²) in [6, 6.07) is 8.41. The second-order valence-corrected chi connectivity index (χ2v) is 11.4. The summed E-state index contributed by atoms with van der Waals surface area (Å²) in [5.74, 6) is 0.476. The van der Waals surface area contributed by atoms with E-state index in [1.54, 1.807) is 12.4 Å². The predicted molar refractivity (Wildman–Crippen MR) is 132 cm³/mol. The van der Waals surface area contributed by atoms with Crippen LogP contribution in [0, 0.1) is 5.41 Å². The number of rotatable bonds is 6. The van der Waals surface area contributed by atoms with Gasteiger partial charge >= 0.3 is 6.18 Å². The third kappa shape index (κ3) is 4.12. The van der Waals surface area contributed by atoms with Gasteiger partial charge in [-0.3, -0.25) is 14.6 Å². The fourth-order valence-electron chi connectivity index (χ4n) is 6.10. The highest BCUT2D eigenvalue weighted by Gasteiger charge is 2.49. The highest BCUT2D eigenvalue weighted by molar-refractivity contribution is 6.09. The number of amides is 1. The number of nitrogens with zero attached hydrogens (tertiary/aromatic N) is 6. The zero-order valence-electron chi connectivity index (χ0n) is 21.4. The monoisotopic (exact) mass is 540 g/mol. The smallest absolute Gasteiger partial charge is 0.380 e. The van der Waals surface area contributed by atoms with Gasteiger partial charge in [0.05, 0.1) is 33.0 Å². The second kappa shape index (κ2) is 8.57. The van der Waals surface area contributed by atoms with Crippen LogP contribution < -0.4 is 4.90 Å². The van der Waals surface area contributed by atoms with Gasteiger partial charge in [0.2, 0.25) is 0 Å². The van der Waals surface area contributed by atoms with Crippen LogP contribution in [-0.2, 0) is 47.6 Å². The third-order valence-corrected chi connectivity index (χ3v) is 8.36. The van der Waals surface area contributed by atoms with Crippen LogP contribution in [0.4, 0.5) is 19.0 Å². The number of hydrogen-bond acceptors (Lipinski definition) is 7. The van der Waals surface area contributed by atoms with Gasteiger partial charge < -0.3 is 14.0 Å². The summed E-state index contributed by atoms with van der Waals surface area (Å²) in [6.07, 6.45) is -2.38. The highest BCUT2D eigenvalue weighted by Crippen LogP contribution is 2.41. The number of fused-ring (bicyclic) bond motifs is 1. The van der Waals surface area contributed by atoms with Crippen LogP contribution >= 0.6 is 0 Å². The standard InChI is InChI=1S/C27H27F3N6O3/c1-34-16-31-33-23(34)7-26(14-39-15-26)19-3-2-18-9-36(24(37)20(18)6-19)22-5-17(4-21(32-22)27(28,29)30)8-35-10-25(11-35)12-38-13-25/h2-6,16H,7-15H2,1H3. The molecule has 0 saturated carbocycles. The Hall–Kier alpha value is -3.35. The average molecular weight is 541 g/mol. The number of carbonyl (C=O) groups excluding carboxylic acids is 1. The lowest BCUT2D eigenvalue weighted by atomic mass is 9.75. The lowest BCUT2D eigenvalue weighted by Gasteiger charge is -2.55. The highest BCUT2D eigenvalue weighted by atomic mass is 19.4. The van der Waals surface area contributed by atoms with Gasteiger partial charge in [-0.1, -0.05) is 12.1 Å². The Morgan fingerprint density at radius 2 is 1.82 bits per heavy atom. The lowest BCUT2D eigenvalue weighted by Crippen LogP contribution is -2.65. The molecule has 0 N–H and O–H groups in total. The van der Waals surface area contributed by atoms with E-state index in [0.717, 1.165) is 36.1 Å². The number of alkyl halides is 3. The summed E-state index contributed by atoms with van der Waals surface area (Å²) in [6.45, 7) is 4.49. The van der Waals surface area contributed by atoms with E-state index in [2.05, 4.69) is 20.1 Å². The molecule has 7 rings (SSSR count). The third-order valence-electron chi connectivity index (χ3n) is 8.36. The molecule has 2 aromatic heterocycles. The van der Waals surface area contributed by atoms with Gasteiger partial charge in [-0.15, -0.1) is 10.2 Å². The van der Waals surface area contributed by atoms with Crippen molar-refractivity contribution >= 4 is 11.7 Å². The van der Waals surface area contributed by atoms with Crippen LogP contribution in [0.2, 0.25) is 0 Å². The molecular weight excluding hydrogens is 513 g/mol. The first kappa shape index (κ1) is 24.7. The molecule has 0 unspecified atom stereocenters. The van der Waals surface area contributed by atoms with Crippen LogP contribution in [0.15, 0.2) is 36.7 Å². The minimum absolute atomic E-state index is 0.0190. The molecule has 0 aliphatic carbocycles. The quantitative estimate of drug-likeness (QED) is 0.475. The van der Waals surface area contributed by atoms with Gasteiger partial charge in [0.1, 0.15) is 23.7 Å². The molecule has 3 fully saturated rings. The minimum atomic E-state index is -4.62. The normalized spacial score (nSPS) is 21.4. The molecular formula is C27H27F3N6O3. The van der Waals surface area contributed by atoms with Crippen molar-refractivity contribution in [3.05, 3.63) is 70.4 Å². The Morgan fingerprint density at radius 3 is 2.44 bits per heavy atom. The van der Waals surface area contributed by atoms with E-state index in [-0.39, 0.29) is 29.1 Å². The summed E-state index contributed by atoms with van der Waals surface area (Å²) in [4.78, 5) is 20.9. The van der Waals surface area contributed by atoms with E-state index in [0.29, 0.717) is 50.5 Å². The molecule has 4 aliphatic rings. The molecule has 9 nitrogen and oxygen atoms in total. The molecule has 1 aromatic carbocycles. The van der Waals surface area contributed by atoms with Gasteiger partial charge in [0, 0.05) is 49.5 Å². The van der Waals surface area contributed by atoms with Crippen molar-refractivity contribution < 1.29 is 27.4 Å². The zero-order chi connectivity index (χ0) is 27.0.